The first kappa shape index (κ1) is 20.0. The molecule has 1 aliphatic heterocycles. The van der Waals surface area contributed by atoms with Crippen LogP contribution in [-0.4, -0.2) is 37.3 Å². The van der Waals surface area contributed by atoms with Gasteiger partial charge in [-0.05, 0) is 49.2 Å². The van der Waals surface area contributed by atoms with Crippen LogP contribution in [0.3, 0.4) is 0 Å². The fraction of sp³-hybridized carbons (Fsp3) is 0.294. The second-order valence-electron chi connectivity index (χ2n) is 6.08. The molecule has 0 bridgehead atoms. The van der Waals surface area contributed by atoms with Crippen molar-refractivity contribution < 1.29 is 26.9 Å². The van der Waals surface area contributed by atoms with Gasteiger partial charge in [0.2, 0.25) is 10.0 Å². The molecule has 2 aromatic carbocycles. The molecule has 0 spiro atoms. The number of hydrogen-bond acceptors (Lipinski definition) is 6. The number of nitrogens with one attached hydrogen (secondary N) is 1. The van der Waals surface area contributed by atoms with E-state index in [1.165, 1.54) is 40.7 Å². The Labute approximate surface area is 159 Å². The summed E-state index contributed by atoms with van der Waals surface area (Å²) in [6.07, 6.45) is 1.51. The monoisotopic (exact) mass is 413 g/mol. The van der Waals surface area contributed by atoms with Gasteiger partial charge < -0.3 is 10.1 Å². The molecule has 3 rings (SSSR count). The van der Waals surface area contributed by atoms with Crippen LogP contribution in [0.5, 0.6) is 5.75 Å². The molecule has 1 fully saturated rings. The molecule has 0 amide bonds. The lowest BCUT2D eigenvalue weighted by molar-refractivity contribution is -0.384. The van der Waals surface area contributed by atoms with Crippen LogP contribution in [0.1, 0.15) is 12.8 Å². The maximum atomic E-state index is 12.6. The molecule has 0 radical (unpaired) electrons. The highest BCUT2D eigenvalue weighted by Gasteiger charge is 2.29. The van der Waals surface area contributed by atoms with Gasteiger partial charge in [-0.3, -0.25) is 10.1 Å². The van der Waals surface area contributed by atoms with Crippen LogP contribution >= 0.6 is 0 Å². The number of alkyl halides is 2. The Bertz CT molecular complexity index is 961. The number of halogens is 2. The summed E-state index contributed by atoms with van der Waals surface area (Å²) in [7, 11) is -3.79. The summed E-state index contributed by atoms with van der Waals surface area (Å²) >= 11 is 0. The lowest BCUT2D eigenvalue weighted by Gasteiger charge is -2.16. The van der Waals surface area contributed by atoms with Crippen molar-refractivity contribution in [1.82, 2.24) is 4.31 Å². The van der Waals surface area contributed by atoms with Crippen molar-refractivity contribution in [1.29, 1.82) is 0 Å². The van der Waals surface area contributed by atoms with Crippen LogP contribution in [-0.2, 0) is 10.0 Å². The van der Waals surface area contributed by atoms with Gasteiger partial charge in [0.15, 0.2) is 0 Å². The van der Waals surface area contributed by atoms with Crippen LogP contribution in [0.4, 0.5) is 25.8 Å². The summed E-state index contributed by atoms with van der Waals surface area (Å²) in [5.74, 6) is -0.0536. The van der Waals surface area contributed by atoms with Crippen LogP contribution in [0.2, 0.25) is 0 Å². The van der Waals surface area contributed by atoms with E-state index in [-0.39, 0.29) is 16.3 Å². The van der Waals surface area contributed by atoms with E-state index in [0.29, 0.717) is 18.8 Å². The van der Waals surface area contributed by atoms with Gasteiger partial charge in [-0.1, -0.05) is 0 Å². The van der Waals surface area contributed by atoms with Gasteiger partial charge in [0.1, 0.15) is 11.4 Å². The predicted molar refractivity (Wildman–Crippen MR) is 97.4 cm³/mol. The maximum Gasteiger partial charge on any atom is 0.387 e. The molecule has 0 saturated carbocycles. The van der Waals surface area contributed by atoms with E-state index in [1.807, 2.05) is 0 Å². The van der Waals surface area contributed by atoms with Crippen molar-refractivity contribution in [2.24, 2.45) is 0 Å². The van der Waals surface area contributed by atoms with Crippen LogP contribution in [0.25, 0.3) is 0 Å². The lowest BCUT2D eigenvalue weighted by atomic mass is 10.2. The van der Waals surface area contributed by atoms with Crippen molar-refractivity contribution in [3.8, 4) is 5.75 Å². The van der Waals surface area contributed by atoms with E-state index in [0.717, 1.165) is 18.9 Å². The van der Waals surface area contributed by atoms with E-state index in [4.69, 9.17) is 0 Å². The molecule has 1 saturated heterocycles. The Morgan fingerprint density at radius 2 is 1.75 bits per heavy atom. The highest BCUT2D eigenvalue weighted by Crippen LogP contribution is 2.32. The molecule has 1 N–H and O–H groups in total. The SMILES string of the molecule is O=[N+]([O-])c1cc(S(=O)(=O)N2CCCC2)ccc1Nc1ccc(OC(F)F)cc1. The molecule has 1 aliphatic rings. The zero-order chi connectivity index (χ0) is 20.3. The fourth-order valence-electron chi connectivity index (χ4n) is 2.88. The minimum atomic E-state index is -3.79. The van der Waals surface area contributed by atoms with Gasteiger partial charge in [0.25, 0.3) is 5.69 Å². The Morgan fingerprint density at radius 3 is 2.32 bits per heavy atom. The van der Waals surface area contributed by atoms with Crippen molar-refractivity contribution >= 4 is 27.1 Å². The number of rotatable bonds is 7. The highest BCUT2D eigenvalue weighted by molar-refractivity contribution is 7.89. The summed E-state index contributed by atoms with van der Waals surface area (Å²) in [5.41, 5.74) is 0.0564. The molecule has 0 aliphatic carbocycles. The topological polar surface area (TPSA) is 102 Å². The Hall–Kier alpha value is -2.79. The average molecular weight is 413 g/mol. The Morgan fingerprint density at radius 1 is 1.11 bits per heavy atom. The van der Waals surface area contributed by atoms with Gasteiger partial charge in [-0.15, -0.1) is 0 Å². The van der Waals surface area contributed by atoms with E-state index in [1.54, 1.807) is 0 Å². The van der Waals surface area contributed by atoms with Gasteiger partial charge >= 0.3 is 6.61 Å². The quantitative estimate of drug-likeness (QED) is 0.548. The van der Waals surface area contributed by atoms with E-state index < -0.39 is 27.2 Å². The summed E-state index contributed by atoms with van der Waals surface area (Å²) in [5, 5.41) is 14.2. The van der Waals surface area contributed by atoms with Gasteiger partial charge in [-0.25, -0.2) is 8.42 Å². The van der Waals surface area contributed by atoms with Crippen molar-refractivity contribution in [2.75, 3.05) is 18.4 Å². The number of sulfonamides is 1. The molecule has 0 unspecified atom stereocenters. The van der Waals surface area contributed by atoms with Gasteiger partial charge in [0, 0.05) is 24.8 Å². The van der Waals surface area contributed by atoms with Crippen LogP contribution in [0, 0.1) is 10.1 Å². The summed E-state index contributed by atoms with van der Waals surface area (Å²) < 4.78 is 55.2. The fourth-order valence-corrected chi connectivity index (χ4v) is 4.42. The van der Waals surface area contributed by atoms with E-state index >= 15 is 0 Å². The summed E-state index contributed by atoms with van der Waals surface area (Å²) in [6, 6.07) is 9.03. The molecule has 0 aromatic heterocycles. The number of nitro groups is 1. The summed E-state index contributed by atoms with van der Waals surface area (Å²) in [4.78, 5) is 10.6. The number of nitrogens with zero attached hydrogens (tertiary/aromatic N) is 2. The number of nitro benzene ring substituents is 1. The van der Waals surface area contributed by atoms with Crippen LogP contribution in [0.15, 0.2) is 47.4 Å². The molecule has 8 nitrogen and oxygen atoms in total. The largest absolute Gasteiger partial charge is 0.435 e. The number of ether oxygens (including phenoxy) is 1. The Kier molecular flexibility index (Phi) is 5.75. The minimum Gasteiger partial charge on any atom is -0.435 e. The van der Waals surface area contributed by atoms with Gasteiger partial charge in [0.05, 0.1) is 9.82 Å². The maximum absolute atomic E-state index is 12.6. The molecule has 1 heterocycles. The zero-order valence-electron chi connectivity index (χ0n) is 14.5. The van der Waals surface area contributed by atoms with Crippen molar-refractivity contribution in [2.45, 2.75) is 24.3 Å². The summed E-state index contributed by atoms with van der Waals surface area (Å²) in [6.45, 7) is -2.17. The van der Waals surface area contributed by atoms with E-state index in [9.17, 15) is 27.3 Å². The standard InChI is InChI=1S/C17H17F2N3O5S/c18-17(19)27-13-5-3-12(4-6-13)20-15-8-7-14(11-16(15)22(23)24)28(25,26)21-9-1-2-10-21/h3-8,11,17,20H,1-2,9-10H2. The smallest absolute Gasteiger partial charge is 0.387 e. The number of hydrogen-bond donors (Lipinski definition) is 1. The molecular formula is C17H17F2N3O5S. The average Bonchev–Trinajstić information content (AvgIpc) is 3.18. The minimum absolute atomic E-state index is 0.0536. The molecule has 2 aromatic rings. The van der Waals surface area contributed by atoms with E-state index in [2.05, 4.69) is 10.1 Å². The third kappa shape index (κ3) is 4.37. The first-order chi connectivity index (χ1) is 13.3. The number of benzene rings is 2. The molecular weight excluding hydrogens is 396 g/mol. The molecule has 11 heteroatoms. The predicted octanol–water partition coefficient (Wildman–Crippen LogP) is 3.72. The first-order valence-electron chi connectivity index (χ1n) is 8.38. The lowest BCUT2D eigenvalue weighted by Crippen LogP contribution is -2.27. The molecule has 28 heavy (non-hydrogen) atoms. The molecule has 0 atom stereocenters. The first-order valence-corrected chi connectivity index (χ1v) is 9.82. The third-order valence-electron chi connectivity index (χ3n) is 4.23. The Balaban J connectivity index is 1.86. The van der Waals surface area contributed by atoms with Gasteiger partial charge in [-0.2, -0.15) is 13.1 Å². The van der Waals surface area contributed by atoms with Crippen molar-refractivity contribution in [3.63, 3.8) is 0 Å². The second-order valence-corrected chi connectivity index (χ2v) is 8.01. The van der Waals surface area contributed by atoms with Crippen LogP contribution < -0.4 is 10.1 Å². The van der Waals surface area contributed by atoms with Crippen molar-refractivity contribution in [3.05, 3.63) is 52.6 Å². The molecule has 150 valence electrons. The zero-order valence-corrected chi connectivity index (χ0v) is 15.4. The normalized spacial score (nSPS) is 15.0. The highest BCUT2D eigenvalue weighted by atomic mass is 32.2. The third-order valence-corrected chi connectivity index (χ3v) is 6.12. The number of anilines is 2. The second kappa shape index (κ2) is 8.07.